The first-order valence-electron chi connectivity index (χ1n) is 7.89. The fourth-order valence-corrected chi connectivity index (χ4v) is 3.70. The van der Waals surface area contributed by atoms with Gasteiger partial charge in [-0.3, -0.25) is 14.5 Å². The van der Waals surface area contributed by atoms with Gasteiger partial charge >= 0.3 is 11.9 Å². The van der Waals surface area contributed by atoms with Crippen LogP contribution in [-0.2, 0) is 14.4 Å². The number of thiocarbonyl (C=S) groups is 1. The van der Waals surface area contributed by atoms with Gasteiger partial charge in [0.15, 0.2) is 0 Å². The van der Waals surface area contributed by atoms with Crippen LogP contribution in [0.2, 0.25) is 0 Å². The molecule has 1 aromatic carbocycles. The number of aliphatic carboxylic acids is 2. The molecule has 9 heteroatoms. The van der Waals surface area contributed by atoms with Crippen LogP contribution in [0.5, 0.6) is 5.75 Å². The van der Waals surface area contributed by atoms with Crippen LogP contribution < -0.4 is 4.74 Å². The summed E-state index contributed by atoms with van der Waals surface area (Å²) in [5.74, 6) is -2.33. The van der Waals surface area contributed by atoms with Crippen molar-refractivity contribution in [1.82, 2.24) is 4.90 Å². The maximum absolute atomic E-state index is 12.6. The van der Waals surface area contributed by atoms with E-state index in [-0.39, 0.29) is 22.1 Å². The lowest BCUT2D eigenvalue weighted by Gasteiger charge is -2.22. The summed E-state index contributed by atoms with van der Waals surface area (Å²) in [6, 6.07) is 5.68. The third-order valence-corrected chi connectivity index (χ3v) is 4.93. The number of carboxylic acids is 2. The number of carbonyl (C=O) groups excluding carboxylic acids is 1. The largest absolute Gasteiger partial charge is 0.490 e. The second-order valence-electron chi connectivity index (χ2n) is 5.51. The monoisotopic (exact) mass is 407 g/mol. The molecule has 1 aliphatic heterocycles. The molecule has 0 aromatic heterocycles. The molecular weight excluding hydrogens is 390 g/mol. The van der Waals surface area contributed by atoms with Crippen molar-refractivity contribution in [2.45, 2.75) is 18.9 Å². The number of hydrogen-bond donors (Lipinski definition) is 2. The molecular formula is C18H17NO6S2. The summed E-state index contributed by atoms with van der Waals surface area (Å²) in [5.41, 5.74) is 0.721. The Morgan fingerprint density at radius 2 is 1.96 bits per heavy atom. The normalized spacial score (nSPS) is 16.4. The quantitative estimate of drug-likeness (QED) is 0.366. The molecule has 0 bridgehead atoms. The van der Waals surface area contributed by atoms with Gasteiger partial charge in [0, 0.05) is 6.42 Å². The van der Waals surface area contributed by atoms with Crippen LogP contribution in [0.4, 0.5) is 0 Å². The van der Waals surface area contributed by atoms with Gasteiger partial charge in [-0.1, -0.05) is 48.8 Å². The average molecular weight is 407 g/mol. The van der Waals surface area contributed by atoms with E-state index < -0.39 is 23.9 Å². The predicted molar refractivity (Wildman–Crippen MR) is 105 cm³/mol. The van der Waals surface area contributed by atoms with Gasteiger partial charge in [0.1, 0.15) is 22.7 Å². The van der Waals surface area contributed by atoms with Gasteiger partial charge in [0.25, 0.3) is 5.91 Å². The lowest BCUT2D eigenvalue weighted by atomic mass is 10.1. The number of amides is 1. The summed E-state index contributed by atoms with van der Waals surface area (Å²) in [4.78, 5) is 36.1. The Bertz CT molecular complexity index is 803. The van der Waals surface area contributed by atoms with Crippen molar-refractivity contribution in [3.63, 3.8) is 0 Å². The average Bonchev–Trinajstić information content (AvgIpc) is 2.88. The minimum absolute atomic E-state index is 0.0926. The number of benzene rings is 1. The minimum Gasteiger partial charge on any atom is -0.490 e. The molecule has 1 fully saturated rings. The molecule has 0 radical (unpaired) electrons. The van der Waals surface area contributed by atoms with Crippen LogP contribution in [0.1, 0.15) is 18.4 Å². The molecule has 142 valence electrons. The number of nitrogens with zero attached hydrogens (tertiary/aromatic N) is 1. The highest BCUT2D eigenvalue weighted by molar-refractivity contribution is 8.26. The Balaban J connectivity index is 2.18. The highest BCUT2D eigenvalue weighted by atomic mass is 32.2. The third-order valence-electron chi connectivity index (χ3n) is 3.60. The minimum atomic E-state index is -1.31. The van der Waals surface area contributed by atoms with E-state index in [1.807, 2.05) is 0 Å². The van der Waals surface area contributed by atoms with E-state index in [9.17, 15) is 19.5 Å². The number of rotatable bonds is 9. The standard InChI is InChI=1S/C18H17NO6S2/c1-2-9-25-12-5-3-11(4-6-12)10-14-16(22)19(18(26)27-14)13(17(23)24)7-8-15(20)21/h2-6,10,13H,1,7-9H2,(H,20,21)(H,23,24)/b14-10-/t13-/m1/s1. The van der Waals surface area contributed by atoms with Crippen LogP contribution in [0, 0.1) is 0 Å². The molecule has 1 heterocycles. The summed E-state index contributed by atoms with van der Waals surface area (Å²) in [7, 11) is 0. The van der Waals surface area contributed by atoms with Crippen molar-refractivity contribution in [1.29, 1.82) is 0 Å². The molecule has 27 heavy (non-hydrogen) atoms. The maximum atomic E-state index is 12.6. The van der Waals surface area contributed by atoms with E-state index in [1.165, 1.54) is 0 Å². The lowest BCUT2D eigenvalue weighted by molar-refractivity contribution is -0.146. The Morgan fingerprint density at radius 1 is 1.30 bits per heavy atom. The second kappa shape index (κ2) is 9.33. The topological polar surface area (TPSA) is 104 Å². The van der Waals surface area contributed by atoms with Crippen molar-refractivity contribution in [2.24, 2.45) is 0 Å². The van der Waals surface area contributed by atoms with Crippen LogP contribution in [-0.4, -0.2) is 49.9 Å². The summed E-state index contributed by atoms with van der Waals surface area (Å²) in [5, 5.41) is 18.1. The van der Waals surface area contributed by atoms with Gasteiger partial charge in [-0.15, -0.1) is 0 Å². The third kappa shape index (κ3) is 5.41. The van der Waals surface area contributed by atoms with Crippen LogP contribution in [0.15, 0.2) is 41.8 Å². The zero-order valence-corrected chi connectivity index (χ0v) is 15.8. The van der Waals surface area contributed by atoms with E-state index >= 15 is 0 Å². The smallest absolute Gasteiger partial charge is 0.326 e. The number of carboxylic acid groups (broad SMARTS) is 2. The van der Waals surface area contributed by atoms with E-state index in [0.29, 0.717) is 12.4 Å². The Labute approximate surface area is 165 Å². The molecule has 0 saturated carbocycles. The molecule has 1 saturated heterocycles. The fourth-order valence-electron chi connectivity index (χ4n) is 2.34. The van der Waals surface area contributed by atoms with Crippen molar-refractivity contribution in [3.8, 4) is 5.75 Å². The van der Waals surface area contributed by atoms with Crippen LogP contribution >= 0.6 is 24.0 Å². The maximum Gasteiger partial charge on any atom is 0.326 e. The second-order valence-corrected chi connectivity index (χ2v) is 7.18. The van der Waals surface area contributed by atoms with Crippen molar-refractivity contribution in [2.75, 3.05) is 6.61 Å². The zero-order chi connectivity index (χ0) is 20.0. The molecule has 0 unspecified atom stereocenters. The molecule has 1 amide bonds. The number of hydrogen-bond acceptors (Lipinski definition) is 6. The van der Waals surface area contributed by atoms with Gasteiger partial charge < -0.3 is 14.9 Å². The van der Waals surface area contributed by atoms with Gasteiger partial charge in [-0.05, 0) is 30.2 Å². The summed E-state index contributed by atoms with van der Waals surface area (Å²) >= 11 is 6.13. The van der Waals surface area contributed by atoms with Crippen molar-refractivity contribution in [3.05, 3.63) is 47.4 Å². The predicted octanol–water partition coefficient (Wildman–Crippen LogP) is 2.77. The molecule has 0 spiro atoms. The zero-order valence-electron chi connectivity index (χ0n) is 14.2. The van der Waals surface area contributed by atoms with Gasteiger partial charge in [-0.2, -0.15) is 0 Å². The van der Waals surface area contributed by atoms with Gasteiger partial charge in [0.05, 0.1) is 4.91 Å². The first kappa shape index (κ1) is 20.7. The van der Waals surface area contributed by atoms with Gasteiger partial charge in [-0.25, -0.2) is 4.79 Å². The highest BCUT2D eigenvalue weighted by Gasteiger charge is 2.40. The van der Waals surface area contributed by atoms with Crippen LogP contribution in [0.25, 0.3) is 6.08 Å². The fraction of sp³-hybridized carbons (Fsp3) is 0.222. The van der Waals surface area contributed by atoms with Crippen molar-refractivity contribution < 1.29 is 29.3 Å². The number of thioether (sulfide) groups is 1. The molecule has 1 atom stereocenters. The first-order valence-corrected chi connectivity index (χ1v) is 9.11. The lowest BCUT2D eigenvalue weighted by Crippen LogP contribution is -2.44. The number of carbonyl (C=O) groups is 3. The van der Waals surface area contributed by atoms with Crippen molar-refractivity contribution >= 4 is 52.2 Å². The molecule has 0 aliphatic carbocycles. The number of ether oxygens (including phenoxy) is 1. The molecule has 2 rings (SSSR count). The summed E-state index contributed by atoms with van der Waals surface area (Å²) in [6.07, 6.45) is 2.63. The van der Waals surface area contributed by atoms with E-state index in [1.54, 1.807) is 36.4 Å². The van der Waals surface area contributed by atoms with E-state index in [4.69, 9.17) is 22.1 Å². The molecule has 1 aromatic rings. The van der Waals surface area contributed by atoms with Crippen LogP contribution in [0.3, 0.4) is 0 Å². The highest BCUT2D eigenvalue weighted by Crippen LogP contribution is 2.35. The Kier molecular flexibility index (Phi) is 7.14. The Morgan fingerprint density at radius 3 is 2.52 bits per heavy atom. The molecule has 1 aliphatic rings. The molecule has 2 N–H and O–H groups in total. The van der Waals surface area contributed by atoms with E-state index in [2.05, 4.69) is 6.58 Å². The van der Waals surface area contributed by atoms with E-state index in [0.717, 1.165) is 22.2 Å². The SMILES string of the molecule is C=CCOc1ccc(/C=C2\SC(=S)N([C@H](CCC(=O)O)C(=O)O)C2=O)cc1. The first-order chi connectivity index (χ1) is 12.8. The van der Waals surface area contributed by atoms with Gasteiger partial charge in [0.2, 0.25) is 0 Å². The summed E-state index contributed by atoms with van der Waals surface area (Å²) in [6.45, 7) is 3.95. The summed E-state index contributed by atoms with van der Waals surface area (Å²) < 4.78 is 5.48. The molecule has 7 nitrogen and oxygen atoms in total. The Hall–Kier alpha value is -2.65.